The Kier molecular flexibility index (Phi) is 7.80. The Morgan fingerprint density at radius 2 is 1.83 bits per heavy atom. The van der Waals surface area contributed by atoms with Gasteiger partial charge in [0, 0.05) is 36.8 Å². The normalized spacial score (nSPS) is 16.5. The highest BCUT2D eigenvalue weighted by atomic mass is 79.9. The number of hydrogen-bond acceptors (Lipinski definition) is 9. The molecule has 5 heterocycles. The monoisotopic (exact) mass is 618 g/mol. The lowest BCUT2D eigenvalue weighted by molar-refractivity contribution is -0.132. The first-order valence-electron chi connectivity index (χ1n) is 13.2. The fourth-order valence-corrected chi connectivity index (χ4v) is 5.51. The highest BCUT2D eigenvalue weighted by Gasteiger charge is 2.44. The van der Waals surface area contributed by atoms with E-state index in [1.54, 1.807) is 47.8 Å². The summed E-state index contributed by atoms with van der Waals surface area (Å²) in [6.07, 6.45) is 5.53. The second-order valence-corrected chi connectivity index (χ2v) is 12.2. The summed E-state index contributed by atoms with van der Waals surface area (Å²) in [6, 6.07) is 6.29. The number of ketones is 2. The Hall–Kier alpha value is -3.90. The SMILES string of the molecule is CC(=O)c1nn(CC(=O)N2CC(C)(C)CC2C(=O)c2cccc(Br)n2)c2cnc(-c3cnc(CN(C)C)nc3)cc12. The smallest absolute Gasteiger partial charge is 0.244 e. The molecule has 1 atom stereocenters. The van der Waals surface area contributed by atoms with Gasteiger partial charge in [-0.3, -0.25) is 24.0 Å². The van der Waals surface area contributed by atoms with Crippen LogP contribution in [0.3, 0.4) is 0 Å². The minimum atomic E-state index is -0.645. The van der Waals surface area contributed by atoms with Crippen molar-refractivity contribution in [3.63, 3.8) is 0 Å². The van der Waals surface area contributed by atoms with Crippen LogP contribution in [0.4, 0.5) is 0 Å². The molecule has 1 unspecified atom stereocenters. The first-order valence-corrected chi connectivity index (χ1v) is 14.0. The molecule has 1 saturated heterocycles. The largest absolute Gasteiger partial charge is 0.330 e. The molecule has 0 saturated carbocycles. The van der Waals surface area contributed by atoms with Crippen molar-refractivity contribution in [2.75, 3.05) is 20.6 Å². The maximum Gasteiger partial charge on any atom is 0.244 e. The van der Waals surface area contributed by atoms with E-state index in [0.29, 0.717) is 57.8 Å². The molecular weight excluding hydrogens is 588 g/mol. The molecule has 11 nitrogen and oxygen atoms in total. The number of carbonyl (C=O) groups excluding carboxylic acids is 3. The maximum atomic E-state index is 13.7. The average molecular weight is 620 g/mol. The molecule has 0 bridgehead atoms. The van der Waals surface area contributed by atoms with Crippen LogP contribution in [-0.2, 0) is 17.9 Å². The van der Waals surface area contributed by atoms with Gasteiger partial charge in [-0.15, -0.1) is 0 Å². The Labute approximate surface area is 246 Å². The zero-order valence-electron chi connectivity index (χ0n) is 23.6. The Bertz CT molecular complexity index is 1650. The van der Waals surface area contributed by atoms with Gasteiger partial charge in [0.1, 0.15) is 28.4 Å². The number of hydrogen-bond donors (Lipinski definition) is 0. The average Bonchev–Trinajstić information content (AvgIpc) is 3.45. The molecule has 0 aliphatic carbocycles. The van der Waals surface area contributed by atoms with Crippen molar-refractivity contribution in [2.24, 2.45) is 5.41 Å². The summed E-state index contributed by atoms with van der Waals surface area (Å²) < 4.78 is 2.05. The summed E-state index contributed by atoms with van der Waals surface area (Å²) in [6.45, 7) is 6.40. The summed E-state index contributed by atoms with van der Waals surface area (Å²) in [5, 5.41) is 5.08. The van der Waals surface area contributed by atoms with Gasteiger partial charge in [0.15, 0.2) is 5.78 Å². The molecule has 5 rings (SSSR count). The van der Waals surface area contributed by atoms with Gasteiger partial charge in [-0.2, -0.15) is 5.10 Å². The number of fused-ring (bicyclic) bond motifs is 1. The van der Waals surface area contributed by atoms with Gasteiger partial charge >= 0.3 is 0 Å². The second-order valence-electron chi connectivity index (χ2n) is 11.4. The van der Waals surface area contributed by atoms with Crippen LogP contribution in [0, 0.1) is 5.41 Å². The molecule has 1 aliphatic heterocycles. The lowest BCUT2D eigenvalue weighted by Gasteiger charge is -2.24. The third-order valence-electron chi connectivity index (χ3n) is 7.03. The van der Waals surface area contributed by atoms with Gasteiger partial charge in [0.25, 0.3) is 0 Å². The fourth-order valence-electron chi connectivity index (χ4n) is 5.16. The lowest BCUT2D eigenvalue weighted by Crippen LogP contribution is -2.42. The zero-order chi connectivity index (χ0) is 29.5. The van der Waals surface area contributed by atoms with Gasteiger partial charge < -0.3 is 9.80 Å². The summed E-state index contributed by atoms with van der Waals surface area (Å²) in [7, 11) is 3.89. The van der Waals surface area contributed by atoms with E-state index in [-0.39, 0.29) is 35.1 Å². The fraction of sp³-hybridized carbons (Fsp3) is 0.379. The maximum absolute atomic E-state index is 13.7. The van der Waals surface area contributed by atoms with Crippen LogP contribution in [0.5, 0.6) is 0 Å². The minimum absolute atomic E-state index is 0.140. The molecule has 0 aromatic carbocycles. The van der Waals surface area contributed by atoms with Crippen LogP contribution in [0.2, 0.25) is 0 Å². The van der Waals surface area contributed by atoms with E-state index in [1.807, 2.05) is 32.8 Å². The second kappa shape index (κ2) is 11.2. The van der Waals surface area contributed by atoms with E-state index in [1.165, 1.54) is 11.6 Å². The van der Waals surface area contributed by atoms with Gasteiger partial charge in [-0.05, 0) is 60.1 Å². The number of Topliss-reactive ketones (excluding diaryl/α,β-unsaturated/α-hetero) is 2. The predicted octanol–water partition coefficient (Wildman–Crippen LogP) is 3.82. The molecule has 41 heavy (non-hydrogen) atoms. The van der Waals surface area contributed by atoms with Crippen LogP contribution in [0.25, 0.3) is 22.2 Å². The summed E-state index contributed by atoms with van der Waals surface area (Å²) in [4.78, 5) is 61.0. The van der Waals surface area contributed by atoms with Crippen molar-refractivity contribution in [2.45, 2.75) is 46.3 Å². The van der Waals surface area contributed by atoms with Crippen LogP contribution in [0.1, 0.15) is 54.0 Å². The molecule has 1 amide bonds. The standard InChI is InChI=1S/C29H31BrN8O3/c1-17(39)27-19-9-21(18-11-32-25(33-12-18)14-36(4)5)31-13-23(19)38(35-27)15-26(40)37-16-29(2,3)10-22(37)28(41)20-7-6-8-24(30)34-20/h6-9,11-13,22H,10,14-16H2,1-5H3. The summed E-state index contributed by atoms with van der Waals surface area (Å²) in [5.41, 5.74) is 2.14. The Morgan fingerprint density at radius 1 is 1.10 bits per heavy atom. The molecule has 0 radical (unpaired) electrons. The summed E-state index contributed by atoms with van der Waals surface area (Å²) >= 11 is 3.32. The van der Waals surface area contributed by atoms with Gasteiger partial charge in [-0.25, -0.2) is 15.0 Å². The number of aromatic nitrogens is 6. The Morgan fingerprint density at radius 3 is 2.49 bits per heavy atom. The zero-order valence-corrected chi connectivity index (χ0v) is 25.2. The van der Waals surface area contributed by atoms with Gasteiger partial charge in [0.2, 0.25) is 11.7 Å². The number of pyridine rings is 2. The van der Waals surface area contributed by atoms with Crippen molar-refractivity contribution in [1.82, 2.24) is 39.5 Å². The highest BCUT2D eigenvalue weighted by Crippen LogP contribution is 2.36. The number of rotatable bonds is 8. The van der Waals surface area contributed by atoms with Gasteiger partial charge in [-0.1, -0.05) is 19.9 Å². The molecule has 212 valence electrons. The van der Waals surface area contributed by atoms with Crippen LogP contribution in [0.15, 0.2) is 47.5 Å². The van der Waals surface area contributed by atoms with Crippen molar-refractivity contribution < 1.29 is 14.4 Å². The highest BCUT2D eigenvalue weighted by molar-refractivity contribution is 9.10. The van der Waals surface area contributed by atoms with Crippen molar-refractivity contribution in [3.05, 3.63) is 64.7 Å². The molecule has 12 heteroatoms. The quantitative estimate of drug-likeness (QED) is 0.214. The van der Waals surface area contributed by atoms with Crippen molar-refractivity contribution in [1.29, 1.82) is 0 Å². The molecule has 1 fully saturated rings. The van der Waals surface area contributed by atoms with E-state index in [2.05, 4.69) is 41.0 Å². The van der Waals surface area contributed by atoms with E-state index in [0.717, 1.165) is 0 Å². The topological polar surface area (TPSA) is 127 Å². The molecule has 4 aromatic heterocycles. The number of nitrogens with zero attached hydrogens (tertiary/aromatic N) is 8. The third-order valence-corrected chi connectivity index (χ3v) is 7.47. The first kappa shape index (κ1) is 28.6. The molecular formula is C29H31BrN8O3. The van der Waals surface area contributed by atoms with Crippen molar-refractivity contribution >= 4 is 44.3 Å². The first-order chi connectivity index (χ1) is 19.4. The number of halogens is 1. The number of carbonyl (C=O) groups is 3. The minimum Gasteiger partial charge on any atom is -0.330 e. The number of amides is 1. The van der Waals surface area contributed by atoms with Gasteiger partial charge in [0.05, 0.1) is 30.0 Å². The lowest BCUT2D eigenvalue weighted by atomic mass is 9.89. The molecule has 1 aliphatic rings. The van der Waals surface area contributed by atoms with E-state index in [9.17, 15) is 14.4 Å². The Balaban J connectivity index is 1.44. The summed E-state index contributed by atoms with van der Waals surface area (Å²) in [5.74, 6) is -0.0114. The van der Waals surface area contributed by atoms with Crippen LogP contribution < -0.4 is 0 Å². The van der Waals surface area contributed by atoms with E-state index >= 15 is 0 Å². The predicted molar refractivity (Wildman–Crippen MR) is 156 cm³/mol. The van der Waals surface area contributed by atoms with E-state index in [4.69, 9.17) is 0 Å². The molecule has 0 spiro atoms. The van der Waals surface area contributed by atoms with Crippen molar-refractivity contribution in [3.8, 4) is 11.3 Å². The van der Waals surface area contributed by atoms with Crippen LogP contribution in [-0.4, -0.2) is 83.7 Å². The van der Waals surface area contributed by atoms with Crippen LogP contribution >= 0.6 is 15.9 Å². The third kappa shape index (κ3) is 6.08. The van der Waals surface area contributed by atoms with E-state index < -0.39 is 6.04 Å². The number of likely N-dealkylation sites (tertiary alicyclic amines) is 1. The molecule has 4 aromatic rings. The molecule has 0 N–H and O–H groups in total.